The minimum Gasteiger partial charge on any atom is -0.394 e. The van der Waals surface area contributed by atoms with E-state index in [4.69, 9.17) is 5.11 Å². The van der Waals surface area contributed by atoms with Crippen LogP contribution in [-0.4, -0.2) is 23.7 Å². The van der Waals surface area contributed by atoms with E-state index >= 15 is 0 Å². The summed E-state index contributed by atoms with van der Waals surface area (Å²) in [6.07, 6.45) is 2.05. The van der Waals surface area contributed by atoms with Crippen LogP contribution >= 0.6 is 0 Å². The number of nitrogens with one attached hydrogen (secondary N) is 2. The fraction of sp³-hybridized carbons (Fsp3) is 0.381. The van der Waals surface area contributed by atoms with E-state index in [-0.39, 0.29) is 24.6 Å². The lowest BCUT2D eigenvalue weighted by atomic mass is 10.0. The van der Waals surface area contributed by atoms with Gasteiger partial charge in [0.15, 0.2) is 0 Å². The summed E-state index contributed by atoms with van der Waals surface area (Å²) < 4.78 is 0. The van der Waals surface area contributed by atoms with Crippen LogP contribution in [0.2, 0.25) is 0 Å². The average molecular weight is 340 g/mol. The van der Waals surface area contributed by atoms with E-state index in [9.17, 15) is 4.79 Å². The fourth-order valence-corrected chi connectivity index (χ4v) is 2.77. The van der Waals surface area contributed by atoms with Crippen molar-refractivity contribution in [3.63, 3.8) is 0 Å². The molecule has 25 heavy (non-hydrogen) atoms. The molecule has 0 spiro atoms. The second-order valence-corrected chi connectivity index (χ2v) is 6.24. The summed E-state index contributed by atoms with van der Waals surface area (Å²) in [5.74, 6) is -0.0580. The van der Waals surface area contributed by atoms with Gasteiger partial charge in [-0.25, -0.2) is 0 Å². The second kappa shape index (κ2) is 9.84. The zero-order chi connectivity index (χ0) is 18.1. The van der Waals surface area contributed by atoms with Crippen molar-refractivity contribution in [1.29, 1.82) is 0 Å². The van der Waals surface area contributed by atoms with Crippen LogP contribution in [0.1, 0.15) is 43.9 Å². The monoisotopic (exact) mass is 340 g/mol. The Hall–Kier alpha value is -2.33. The van der Waals surface area contributed by atoms with E-state index in [1.165, 1.54) is 5.56 Å². The van der Waals surface area contributed by atoms with Crippen molar-refractivity contribution in [2.75, 3.05) is 11.9 Å². The van der Waals surface area contributed by atoms with E-state index < -0.39 is 0 Å². The maximum Gasteiger partial charge on any atom is 0.224 e. The quantitative estimate of drug-likeness (QED) is 0.652. The highest BCUT2D eigenvalue weighted by atomic mass is 16.3. The first-order chi connectivity index (χ1) is 12.2. The minimum atomic E-state index is -0.162. The molecule has 4 heteroatoms. The van der Waals surface area contributed by atoms with Crippen molar-refractivity contribution in [1.82, 2.24) is 5.32 Å². The van der Waals surface area contributed by atoms with E-state index in [0.717, 1.165) is 24.1 Å². The summed E-state index contributed by atoms with van der Waals surface area (Å²) in [6, 6.07) is 18.5. The summed E-state index contributed by atoms with van der Waals surface area (Å²) in [7, 11) is 0. The molecule has 2 aromatic carbocycles. The Labute approximate surface area is 150 Å². The van der Waals surface area contributed by atoms with Crippen LogP contribution in [-0.2, 0) is 11.2 Å². The number of hydrogen-bond acceptors (Lipinski definition) is 3. The normalized spacial score (nSPS) is 13.1. The van der Waals surface area contributed by atoms with Crippen LogP contribution in [0.25, 0.3) is 0 Å². The standard InChI is InChI=1S/C21H28N2O2/c1-3-18(15-24)23-21(25)14-16-10-12-19(13-11-16)22-20(4-2)17-8-6-5-7-9-17/h5-13,18,20,22,24H,3-4,14-15H2,1-2H3,(H,23,25). The number of anilines is 1. The molecular formula is C21H28N2O2. The molecule has 0 saturated carbocycles. The van der Waals surface area contributed by atoms with Gasteiger partial charge in [-0.05, 0) is 36.1 Å². The topological polar surface area (TPSA) is 61.4 Å². The number of rotatable bonds is 9. The first-order valence-electron chi connectivity index (χ1n) is 8.96. The number of carbonyl (C=O) groups excluding carboxylic acids is 1. The SMILES string of the molecule is CCC(CO)NC(=O)Cc1ccc(NC(CC)c2ccccc2)cc1. The molecule has 0 fully saturated rings. The summed E-state index contributed by atoms with van der Waals surface area (Å²) in [5, 5.41) is 15.5. The Morgan fingerprint density at radius 1 is 1.00 bits per heavy atom. The third-order valence-corrected chi connectivity index (χ3v) is 4.35. The summed E-state index contributed by atoms with van der Waals surface area (Å²) >= 11 is 0. The van der Waals surface area contributed by atoms with Crippen molar-refractivity contribution in [3.8, 4) is 0 Å². The number of hydrogen-bond donors (Lipinski definition) is 3. The van der Waals surface area contributed by atoms with Gasteiger partial charge in [0.1, 0.15) is 0 Å². The van der Waals surface area contributed by atoms with Gasteiger partial charge in [0.2, 0.25) is 5.91 Å². The smallest absolute Gasteiger partial charge is 0.224 e. The Balaban J connectivity index is 1.94. The van der Waals surface area contributed by atoms with Gasteiger partial charge in [0.25, 0.3) is 0 Å². The highest BCUT2D eigenvalue weighted by molar-refractivity contribution is 5.79. The molecule has 2 unspecified atom stereocenters. The Kier molecular flexibility index (Phi) is 7.48. The number of benzene rings is 2. The molecule has 134 valence electrons. The maximum absolute atomic E-state index is 12.0. The predicted octanol–water partition coefficient (Wildman–Crippen LogP) is 3.68. The molecule has 0 heterocycles. The van der Waals surface area contributed by atoms with E-state index in [1.807, 2.05) is 37.3 Å². The van der Waals surface area contributed by atoms with Gasteiger partial charge in [0, 0.05) is 5.69 Å². The highest BCUT2D eigenvalue weighted by Gasteiger charge is 2.11. The number of aliphatic hydroxyl groups excluding tert-OH is 1. The van der Waals surface area contributed by atoms with Gasteiger partial charge in [-0.1, -0.05) is 56.3 Å². The molecule has 0 saturated heterocycles. The lowest BCUT2D eigenvalue weighted by Crippen LogP contribution is -2.37. The van der Waals surface area contributed by atoms with Crippen LogP contribution in [0, 0.1) is 0 Å². The Bertz CT molecular complexity index is 637. The predicted molar refractivity (Wildman–Crippen MR) is 103 cm³/mol. The molecule has 0 aliphatic heterocycles. The largest absolute Gasteiger partial charge is 0.394 e. The van der Waals surface area contributed by atoms with Gasteiger partial charge in [-0.15, -0.1) is 0 Å². The highest BCUT2D eigenvalue weighted by Crippen LogP contribution is 2.22. The molecule has 0 radical (unpaired) electrons. The molecule has 0 bridgehead atoms. The number of carbonyl (C=O) groups is 1. The van der Waals surface area contributed by atoms with E-state index in [1.54, 1.807) is 0 Å². The third kappa shape index (κ3) is 5.91. The van der Waals surface area contributed by atoms with Crippen molar-refractivity contribution >= 4 is 11.6 Å². The zero-order valence-corrected chi connectivity index (χ0v) is 15.0. The van der Waals surface area contributed by atoms with Crippen molar-refractivity contribution in [2.45, 2.75) is 45.2 Å². The lowest BCUT2D eigenvalue weighted by molar-refractivity contribution is -0.121. The van der Waals surface area contributed by atoms with Crippen LogP contribution < -0.4 is 10.6 Å². The molecular weight excluding hydrogens is 312 g/mol. The molecule has 2 atom stereocenters. The molecule has 4 nitrogen and oxygen atoms in total. The first kappa shape index (κ1) is 19.0. The van der Waals surface area contributed by atoms with Gasteiger partial charge in [-0.3, -0.25) is 4.79 Å². The third-order valence-electron chi connectivity index (χ3n) is 4.35. The van der Waals surface area contributed by atoms with Crippen molar-refractivity contribution in [3.05, 3.63) is 65.7 Å². The Morgan fingerprint density at radius 2 is 1.68 bits per heavy atom. The van der Waals surface area contributed by atoms with Gasteiger partial charge in [0.05, 0.1) is 25.1 Å². The first-order valence-corrected chi connectivity index (χ1v) is 8.96. The van der Waals surface area contributed by atoms with Gasteiger partial charge in [-0.2, -0.15) is 0 Å². The van der Waals surface area contributed by atoms with Gasteiger partial charge < -0.3 is 15.7 Å². The zero-order valence-electron chi connectivity index (χ0n) is 15.0. The van der Waals surface area contributed by atoms with Crippen LogP contribution in [0.5, 0.6) is 0 Å². The van der Waals surface area contributed by atoms with E-state index in [0.29, 0.717) is 6.42 Å². The summed E-state index contributed by atoms with van der Waals surface area (Å²) in [6.45, 7) is 4.08. The Morgan fingerprint density at radius 3 is 2.24 bits per heavy atom. The second-order valence-electron chi connectivity index (χ2n) is 6.24. The van der Waals surface area contributed by atoms with E-state index in [2.05, 4.69) is 41.8 Å². The summed E-state index contributed by atoms with van der Waals surface area (Å²) in [4.78, 5) is 12.0. The summed E-state index contributed by atoms with van der Waals surface area (Å²) in [5.41, 5.74) is 3.27. The number of aliphatic hydroxyl groups is 1. The van der Waals surface area contributed by atoms with Crippen LogP contribution in [0.15, 0.2) is 54.6 Å². The average Bonchev–Trinajstić information content (AvgIpc) is 2.66. The minimum absolute atomic E-state index is 0.0248. The van der Waals surface area contributed by atoms with Crippen LogP contribution in [0.3, 0.4) is 0 Å². The van der Waals surface area contributed by atoms with Gasteiger partial charge >= 0.3 is 0 Å². The lowest BCUT2D eigenvalue weighted by Gasteiger charge is -2.19. The molecule has 0 aliphatic carbocycles. The molecule has 0 aliphatic rings. The van der Waals surface area contributed by atoms with Crippen LogP contribution in [0.4, 0.5) is 5.69 Å². The maximum atomic E-state index is 12.0. The van der Waals surface area contributed by atoms with Crippen molar-refractivity contribution < 1.29 is 9.90 Å². The number of amides is 1. The molecule has 0 aromatic heterocycles. The van der Waals surface area contributed by atoms with Crippen molar-refractivity contribution in [2.24, 2.45) is 0 Å². The fourth-order valence-electron chi connectivity index (χ4n) is 2.77. The molecule has 3 N–H and O–H groups in total. The molecule has 2 aromatic rings. The molecule has 1 amide bonds. The molecule has 2 rings (SSSR count).